The number of carbonyl (C=O) groups is 1. The normalized spacial score (nSPS) is 17.8. The largest absolute Gasteiger partial charge is 0.372 e. The maximum atomic E-state index is 11.8. The highest BCUT2D eigenvalue weighted by Gasteiger charge is 2.27. The van der Waals surface area contributed by atoms with Crippen molar-refractivity contribution in [3.8, 4) is 11.1 Å². The van der Waals surface area contributed by atoms with E-state index in [0.29, 0.717) is 12.5 Å². The van der Waals surface area contributed by atoms with Gasteiger partial charge in [0.1, 0.15) is 0 Å². The van der Waals surface area contributed by atoms with Crippen molar-refractivity contribution in [1.29, 1.82) is 0 Å². The molecule has 0 amide bonds. The summed E-state index contributed by atoms with van der Waals surface area (Å²) in [4.78, 5) is 11.8. The van der Waals surface area contributed by atoms with Gasteiger partial charge in [-0.2, -0.15) is 0 Å². The Morgan fingerprint density at radius 1 is 0.882 bits per heavy atom. The van der Waals surface area contributed by atoms with Crippen LogP contribution in [-0.2, 0) is 11.3 Å². The molecule has 34 heavy (non-hydrogen) atoms. The van der Waals surface area contributed by atoms with Gasteiger partial charge in [0, 0.05) is 18.0 Å². The standard InChI is InChI=1S/C30H29NO2.ClH/c1-21(32)24-8-4-9-26(17-24)27-10-5-11-28(18-27)29-14-15-31-19-30(29)33-20-22-12-13-23-6-2-3-7-25(23)16-22;/h2-13,16-18,29-31H,14-15,19-20H2,1H3;1H. The molecule has 2 unspecified atom stereocenters. The molecule has 1 aliphatic rings. The van der Waals surface area contributed by atoms with Crippen LogP contribution in [0.3, 0.4) is 0 Å². The summed E-state index contributed by atoms with van der Waals surface area (Å²) in [6, 6.07) is 31.6. The summed E-state index contributed by atoms with van der Waals surface area (Å²) in [5, 5.41) is 6.01. The van der Waals surface area contributed by atoms with Crippen LogP contribution < -0.4 is 5.32 Å². The lowest BCUT2D eigenvalue weighted by Crippen LogP contribution is -2.41. The first-order valence-corrected chi connectivity index (χ1v) is 11.7. The number of benzene rings is 4. The van der Waals surface area contributed by atoms with Crippen molar-refractivity contribution in [2.24, 2.45) is 0 Å². The van der Waals surface area contributed by atoms with Crippen molar-refractivity contribution in [3.63, 3.8) is 0 Å². The zero-order chi connectivity index (χ0) is 22.6. The van der Waals surface area contributed by atoms with Crippen LogP contribution in [-0.4, -0.2) is 25.0 Å². The van der Waals surface area contributed by atoms with Crippen LogP contribution in [0.2, 0.25) is 0 Å². The number of hydrogen-bond acceptors (Lipinski definition) is 3. The molecule has 1 N–H and O–H groups in total. The molecule has 1 heterocycles. The van der Waals surface area contributed by atoms with E-state index in [-0.39, 0.29) is 24.3 Å². The van der Waals surface area contributed by atoms with Gasteiger partial charge in [0.15, 0.2) is 5.78 Å². The van der Waals surface area contributed by atoms with Crippen LogP contribution in [0.5, 0.6) is 0 Å². The molecule has 1 aliphatic heterocycles. The van der Waals surface area contributed by atoms with E-state index < -0.39 is 0 Å². The predicted molar refractivity (Wildman–Crippen MR) is 142 cm³/mol. The second kappa shape index (κ2) is 11.0. The van der Waals surface area contributed by atoms with Crippen molar-refractivity contribution in [1.82, 2.24) is 5.32 Å². The van der Waals surface area contributed by atoms with E-state index in [1.54, 1.807) is 6.92 Å². The van der Waals surface area contributed by atoms with E-state index in [1.807, 2.05) is 18.2 Å². The Morgan fingerprint density at radius 2 is 1.65 bits per heavy atom. The molecule has 1 saturated heterocycles. The lowest BCUT2D eigenvalue weighted by molar-refractivity contribution is 0.0107. The molecule has 0 radical (unpaired) electrons. The Morgan fingerprint density at radius 3 is 2.47 bits per heavy atom. The Balaban J connectivity index is 0.00000274. The molecule has 4 heteroatoms. The summed E-state index contributed by atoms with van der Waals surface area (Å²) < 4.78 is 6.47. The third kappa shape index (κ3) is 5.39. The molecule has 5 rings (SSSR count). The van der Waals surface area contributed by atoms with Gasteiger partial charge in [0.05, 0.1) is 12.7 Å². The van der Waals surface area contributed by atoms with Crippen LogP contribution in [0.4, 0.5) is 0 Å². The van der Waals surface area contributed by atoms with E-state index in [9.17, 15) is 4.79 Å². The van der Waals surface area contributed by atoms with Gasteiger partial charge in [-0.3, -0.25) is 4.79 Å². The molecule has 2 atom stereocenters. The third-order valence-electron chi connectivity index (χ3n) is 6.62. The average Bonchev–Trinajstić information content (AvgIpc) is 2.87. The number of rotatable bonds is 6. The molecule has 0 bridgehead atoms. The second-order valence-corrected chi connectivity index (χ2v) is 8.89. The number of hydrogen-bond donors (Lipinski definition) is 1. The highest BCUT2D eigenvalue weighted by molar-refractivity contribution is 5.95. The first-order valence-electron chi connectivity index (χ1n) is 11.7. The molecule has 1 fully saturated rings. The number of fused-ring (bicyclic) bond motifs is 1. The topological polar surface area (TPSA) is 38.3 Å². The molecule has 174 valence electrons. The number of halogens is 1. The third-order valence-corrected chi connectivity index (χ3v) is 6.62. The molecular formula is C30H30ClNO2. The summed E-state index contributed by atoms with van der Waals surface area (Å²) in [5.41, 5.74) is 5.46. The zero-order valence-electron chi connectivity index (χ0n) is 19.4. The quantitative estimate of drug-likeness (QED) is 0.314. The monoisotopic (exact) mass is 471 g/mol. The fourth-order valence-electron chi connectivity index (χ4n) is 4.78. The average molecular weight is 472 g/mol. The predicted octanol–water partition coefficient (Wildman–Crippen LogP) is 6.79. The van der Waals surface area contributed by atoms with Gasteiger partial charge in [0.25, 0.3) is 0 Å². The minimum atomic E-state index is 0. The zero-order valence-corrected chi connectivity index (χ0v) is 20.2. The summed E-state index contributed by atoms with van der Waals surface area (Å²) in [6.07, 6.45) is 1.16. The van der Waals surface area contributed by atoms with E-state index in [0.717, 1.165) is 36.2 Å². The van der Waals surface area contributed by atoms with Gasteiger partial charge in [-0.05, 0) is 65.0 Å². The maximum absolute atomic E-state index is 11.8. The molecule has 0 aliphatic carbocycles. The lowest BCUT2D eigenvalue weighted by atomic mass is 9.86. The Hall–Kier alpha value is -2.98. The lowest BCUT2D eigenvalue weighted by Gasteiger charge is -2.33. The number of carbonyl (C=O) groups excluding carboxylic acids is 1. The number of nitrogens with one attached hydrogen (secondary N) is 1. The second-order valence-electron chi connectivity index (χ2n) is 8.89. The number of piperidine rings is 1. The summed E-state index contributed by atoms with van der Waals surface area (Å²) >= 11 is 0. The van der Waals surface area contributed by atoms with Crippen LogP contribution in [0.1, 0.15) is 40.7 Å². The van der Waals surface area contributed by atoms with Gasteiger partial charge in [-0.15, -0.1) is 12.4 Å². The molecule has 3 nitrogen and oxygen atoms in total. The van der Waals surface area contributed by atoms with Crippen molar-refractivity contribution in [2.75, 3.05) is 13.1 Å². The van der Waals surface area contributed by atoms with Gasteiger partial charge >= 0.3 is 0 Å². The summed E-state index contributed by atoms with van der Waals surface area (Å²) in [7, 11) is 0. The number of Topliss-reactive ketones (excluding diaryl/α,β-unsaturated/α-hetero) is 1. The highest BCUT2D eigenvalue weighted by atomic mass is 35.5. The van der Waals surface area contributed by atoms with Gasteiger partial charge in [-0.25, -0.2) is 0 Å². The number of ether oxygens (including phenoxy) is 1. The van der Waals surface area contributed by atoms with Crippen molar-refractivity contribution in [2.45, 2.75) is 32.0 Å². The maximum Gasteiger partial charge on any atom is 0.159 e. The molecular weight excluding hydrogens is 442 g/mol. The minimum absolute atomic E-state index is 0. The fraction of sp³-hybridized carbons (Fsp3) is 0.233. The van der Waals surface area contributed by atoms with Crippen LogP contribution in [0, 0.1) is 0 Å². The molecule has 0 saturated carbocycles. The van der Waals surface area contributed by atoms with Crippen molar-refractivity contribution >= 4 is 29.0 Å². The van der Waals surface area contributed by atoms with E-state index in [1.165, 1.54) is 21.9 Å². The smallest absolute Gasteiger partial charge is 0.159 e. The van der Waals surface area contributed by atoms with E-state index in [4.69, 9.17) is 4.74 Å². The Labute approximate surface area is 207 Å². The van der Waals surface area contributed by atoms with E-state index in [2.05, 4.69) is 78.1 Å². The minimum Gasteiger partial charge on any atom is -0.372 e. The van der Waals surface area contributed by atoms with Crippen molar-refractivity contribution < 1.29 is 9.53 Å². The number of ketones is 1. The molecule has 0 spiro atoms. The van der Waals surface area contributed by atoms with Gasteiger partial charge in [0.2, 0.25) is 0 Å². The Kier molecular flexibility index (Phi) is 7.79. The van der Waals surface area contributed by atoms with Crippen LogP contribution in [0.15, 0.2) is 91.0 Å². The van der Waals surface area contributed by atoms with Gasteiger partial charge in [-0.1, -0.05) is 78.9 Å². The van der Waals surface area contributed by atoms with Gasteiger partial charge < -0.3 is 10.1 Å². The summed E-state index contributed by atoms with van der Waals surface area (Å²) in [5.74, 6) is 0.427. The van der Waals surface area contributed by atoms with Crippen molar-refractivity contribution in [3.05, 3.63) is 108 Å². The Bertz CT molecular complexity index is 1290. The molecule has 4 aromatic carbocycles. The first kappa shape index (κ1) is 24.2. The summed E-state index contributed by atoms with van der Waals surface area (Å²) in [6.45, 7) is 4.06. The van der Waals surface area contributed by atoms with Crippen LogP contribution in [0.25, 0.3) is 21.9 Å². The highest BCUT2D eigenvalue weighted by Crippen LogP contribution is 2.32. The molecule has 4 aromatic rings. The van der Waals surface area contributed by atoms with Crippen LogP contribution >= 0.6 is 12.4 Å². The SMILES string of the molecule is CC(=O)c1cccc(-c2cccc(C3CCNCC3OCc3ccc4ccccc4c3)c2)c1.Cl. The molecule has 0 aromatic heterocycles. The first-order chi connectivity index (χ1) is 16.2. The van der Waals surface area contributed by atoms with E-state index >= 15 is 0 Å². The fourth-order valence-corrected chi connectivity index (χ4v) is 4.78.